The van der Waals surface area contributed by atoms with E-state index in [1.165, 1.54) is 22.3 Å². The van der Waals surface area contributed by atoms with Crippen molar-refractivity contribution >= 4 is 17.1 Å². The van der Waals surface area contributed by atoms with E-state index in [4.69, 9.17) is 0 Å². The molecule has 3 aromatic carbocycles. The molecule has 1 aliphatic rings. The van der Waals surface area contributed by atoms with Crippen LogP contribution in [-0.2, 0) is 6.42 Å². The third-order valence-corrected chi connectivity index (χ3v) is 3.99. The average Bonchev–Trinajstić information content (AvgIpc) is 2.85. The molecule has 0 amide bonds. The summed E-state index contributed by atoms with van der Waals surface area (Å²) in [5.74, 6) is 0. The van der Waals surface area contributed by atoms with Gasteiger partial charge in [0.25, 0.3) is 0 Å². The Kier molecular flexibility index (Phi) is 2.10. The van der Waals surface area contributed by atoms with Crippen LogP contribution in [0.25, 0.3) is 21.9 Å². The molecule has 0 saturated carbocycles. The van der Waals surface area contributed by atoms with Gasteiger partial charge in [0.05, 0.1) is 0 Å². The van der Waals surface area contributed by atoms with Gasteiger partial charge in [-0.15, -0.1) is 0 Å². The number of hydrogen-bond acceptors (Lipinski definition) is 1. The number of carbonyl (C=O) groups excluding carboxylic acids is 1. The summed E-state index contributed by atoms with van der Waals surface area (Å²) in [7, 11) is 0. The maximum atomic E-state index is 11.3. The Balaban J connectivity index is 2.13. The van der Waals surface area contributed by atoms with Crippen molar-refractivity contribution < 1.29 is 4.79 Å². The Hall–Kier alpha value is -2.41. The average molecular weight is 244 g/mol. The second kappa shape index (κ2) is 3.79. The van der Waals surface area contributed by atoms with Crippen LogP contribution in [0.5, 0.6) is 0 Å². The molecule has 1 heteroatoms. The fourth-order valence-corrected chi connectivity index (χ4v) is 3.15. The molecule has 4 rings (SSSR count). The van der Waals surface area contributed by atoms with Gasteiger partial charge in [-0.25, -0.2) is 0 Å². The minimum atomic E-state index is 0.794. The molecule has 90 valence electrons. The van der Waals surface area contributed by atoms with Crippen molar-refractivity contribution in [3.05, 3.63) is 71.3 Å². The van der Waals surface area contributed by atoms with Crippen molar-refractivity contribution in [1.29, 1.82) is 0 Å². The van der Waals surface area contributed by atoms with Crippen LogP contribution in [0.15, 0.2) is 54.6 Å². The highest BCUT2D eigenvalue weighted by atomic mass is 16.1. The molecule has 0 atom stereocenters. The highest BCUT2D eigenvalue weighted by Gasteiger charge is 2.20. The minimum Gasteiger partial charge on any atom is -0.298 e. The molecule has 0 fully saturated rings. The summed E-state index contributed by atoms with van der Waals surface area (Å²) >= 11 is 0. The van der Waals surface area contributed by atoms with Crippen molar-refractivity contribution in [2.45, 2.75) is 6.42 Å². The zero-order valence-electron chi connectivity index (χ0n) is 10.4. The molecule has 19 heavy (non-hydrogen) atoms. The Labute approximate surface area is 111 Å². The van der Waals surface area contributed by atoms with Gasteiger partial charge in [0.2, 0.25) is 0 Å². The summed E-state index contributed by atoms with van der Waals surface area (Å²) in [6, 6.07) is 18.7. The lowest BCUT2D eigenvalue weighted by molar-refractivity contribution is 0.112. The molecule has 0 heterocycles. The van der Waals surface area contributed by atoms with Crippen LogP contribution in [-0.4, -0.2) is 6.29 Å². The first-order valence-corrected chi connectivity index (χ1v) is 6.46. The van der Waals surface area contributed by atoms with Crippen LogP contribution in [0.3, 0.4) is 0 Å². The van der Waals surface area contributed by atoms with Gasteiger partial charge >= 0.3 is 0 Å². The summed E-state index contributed by atoms with van der Waals surface area (Å²) in [5, 5.41) is 2.27. The number of rotatable bonds is 1. The lowest BCUT2D eigenvalue weighted by Crippen LogP contribution is -1.90. The van der Waals surface area contributed by atoms with E-state index < -0.39 is 0 Å². The minimum absolute atomic E-state index is 0.794. The summed E-state index contributed by atoms with van der Waals surface area (Å²) in [6.07, 6.45) is 1.89. The van der Waals surface area contributed by atoms with Crippen molar-refractivity contribution in [2.75, 3.05) is 0 Å². The van der Waals surface area contributed by atoms with Crippen LogP contribution < -0.4 is 0 Å². The third-order valence-electron chi connectivity index (χ3n) is 3.99. The van der Waals surface area contributed by atoms with Gasteiger partial charge in [-0.3, -0.25) is 4.79 Å². The fourth-order valence-electron chi connectivity index (χ4n) is 3.15. The van der Waals surface area contributed by atoms with Crippen LogP contribution in [0.4, 0.5) is 0 Å². The Bertz CT molecular complexity index is 815. The van der Waals surface area contributed by atoms with E-state index in [-0.39, 0.29) is 0 Å². The third kappa shape index (κ3) is 1.39. The summed E-state index contributed by atoms with van der Waals surface area (Å²) in [4.78, 5) is 11.3. The predicted molar refractivity (Wildman–Crippen MR) is 77.6 cm³/mol. The molecule has 0 N–H and O–H groups in total. The van der Waals surface area contributed by atoms with Crippen LogP contribution in [0, 0.1) is 0 Å². The SMILES string of the molecule is O=Cc1cccc2ccc3c(c12)Cc1ccccc1-3. The highest BCUT2D eigenvalue weighted by molar-refractivity contribution is 6.04. The van der Waals surface area contributed by atoms with Crippen molar-refractivity contribution in [3.63, 3.8) is 0 Å². The van der Waals surface area contributed by atoms with Gasteiger partial charge in [-0.05, 0) is 39.4 Å². The second-order valence-electron chi connectivity index (χ2n) is 4.99. The Morgan fingerprint density at radius 3 is 2.63 bits per heavy atom. The van der Waals surface area contributed by atoms with E-state index in [0.29, 0.717) is 0 Å². The lowest BCUT2D eigenvalue weighted by Gasteiger charge is -2.07. The number of aldehydes is 1. The lowest BCUT2D eigenvalue weighted by atomic mass is 9.96. The van der Waals surface area contributed by atoms with Gasteiger partial charge < -0.3 is 0 Å². The van der Waals surface area contributed by atoms with Crippen LogP contribution in [0.2, 0.25) is 0 Å². The number of benzene rings is 3. The zero-order chi connectivity index (χ0) is 12.8. The van der Waals surface area contributed by atoms with Crippen LogP contribution >= 0.6 is 0 Å². The van der Waals surface area contributed by atoms with E-state index in [1.807, 2.05) is 12.1 Å². The topological polar surface area (TPSA) is 17.1 Å². The predicted octanol–water partition coefficient (Wildman–Crippen LogP) is 4.22. The van der Waals surface area contributed by atoms with Gasteiger partial charge in [0.15, 0.2) is 6.29 Å². The molecule has 3 aromatic rings. The molecule has 0 aromatic heterocycles. The molecule has 0 saturated heterocycles. The van der Waals surface area contributed by atoms with Gasteiger partial charge in [-0.2, -0.15) is 0 Å². The maximum absolute atomic E-state index is 11.3. The fraction of sp³-hybridized carbons (Fsp3) is 0.0556. The normalized spacial score (nSPS) is 12.2. The molecule has 0 aliphatic heterocycles. The van der Waals surface area contributed by atoms with E-state index in [9.17, 15) is 4.79 Å². The molecule has 0 bridgehead atoms. The zero-order valence-corrected chi connectivity index (χ0v) is 10.4. The number of fused-ring (bicyclic) bond motifs is 5. The molecule has 1 nitrogen and oxygen atoms in total. The summed E-state index contributed by atoms with van der Waals surface area (Å²) < 4.78 is 0. The molecular weight excluding hydrogens is 232 g/mol. The van der Waals surface area contributed by atoms with Gasteiger partial charge in [0, 0.05) is 5.56 Å². The molecule has 1 aliphatic carbocycles. The monoisotopic (exact) mass is 244 g/mol. The molecule has 0 radical (unpaired) electrons. The van der Waals surface area contributed by atoms with E-state index >= 15 is 0 Å². The maximum Gasteiger partial charge on any atom is 0.150 e. The quantitative estimate of drug-likeness (QED) is 0.458. The first-order valence-electron chi connectivity index (χ1n) is 6.46. The first-order chi connectivity index (χ1) is 9.38. The Morgan fingerprint density at radius 2 is 1.74 bits per heavy atom. The largest absolute Gasteiger partial charge is 0.298 e. The highest BCUT2D eigenvalue weighted by Crippen LogP contribution is 2.40. The summed E-state index contributed by atoms with van der Waals surface area (Å²) in [6.45, 7) is 0. The van der Waals surface area contributed by atoms with E-state index in [1.54, 1.807) is 0 Å². The van der Waals surface area contributed by atoms with E-state index in [2.05, 4.69) is 42.5 Å². The number of hydrogen-bond donors (Lipinski definition) is 0. The first kappa shape index (κ1) is 10.5. The standard InChI is InChI=1S/C18H12O/c19-11-14-6-3-5-12-8-9-16-15-7-2-1-4-13(15)10-17(16)18(12)14/h1-9,11H,10H2. The molecular formula is C18H12O. The van der Waals surface area contributed by atoms with Crippen LogP contribution in [0.1, 0.15) is 21.5 Å². The van der Waals surface area contributed by atoms with Crippen molar-refractivity contribution in [3.8, 4) is 11.1 Å². The van der Waals surface area contributed by atoms with Gasteiger partial charge in [-0.1, -0.05) is 54.6 Å². The smallest absolute Gasteiger partial charge is 0.150 e. The second-order valence-corrected chi connectivity index (χ2v) is 4.99. The van der Waals surface area contributed by atoms with E-state index in [0.717, 1.165) is 29.0 Å². The number of carbonyl (C=O) groups is 1. The molecule has 0 unspecified atom stereocenters. The molecule has 0 spiro atoms. The van der Waals surface area contributed by atoms with Crippen molar-refractivity contribution in [2.24, 2.45) is 0 Å². The van der Waals surface area contributed by atoms with Crippen molar-refractivity contribution in [1.82, 2.24) is 0 Å². The summed E-state index contributed by atoms with van der Waals surface area (Å²) in [5.41, 5.74) is 6.02. The van der Waals surface area contributed by atoms with Gasteiger partial charge in [0.1, 0.15) is 0 Å². The Morgan fingerprint density at radius 1 is 0.842 bits per heavy atom.